The van der Waals surface area contributed by atoms with E-state index < -0.39 is 0 Å². The molecule has 7 heteroatoms. The Balaban J connectivity index is 1.76. The van der Waals surface area contributed by atoms with Crippen molar-refractivity contribution in [3.8, 4) is 11.5 Å². The summed E-state index contributed by atoms with van der Waals surface area (Å²) in [7, 11) is 3.18. The van der Waals surface area contributed by atoms with Crippen LogP contribution in [0.3, 0.4) is 0 Å². The van der Waals surface area contributed by atoms with Gasteiger partial charge in [-0.2, -0.15) is 5.10 Å². The van der Waals surface area contributed by atoms with Crippen molar-refractivity contribution in [1.29, 1.82) is 0 Å². The van der Waals surface area contributed by atoms with Crippen molar-refractivity contribution in [1.82, 2.24) is 4.90 Å². The van der Waals surface area contributed by atoms with Crippen LogP contribution in [0.5, 0.6) is 11.5 Å². The lowest BCUT2D eigenvalue weighted by atomic mass is 10.1. The molecule has 1 aliphatic heterocycles. The SMILES string of the molecule is COc1ccc(C=NN=C2SCC(=O)N2Cc2ccccc2C)cc1OC. The van der Waals surface area contributed by atoms with Gasteiger partial charge in [0, 0.05) is 0 Å². The summed E-state index contributed by atoms with van der Waals surface area (Å²) in [5.41, 5.74) is 3.08. The highest BCUT2D eigenvalue weighted by Gasteiger charge is 2.28. The molecule has 2 aromatic rings. The highest BCUT2D eigenvalue weighted by molar-refractivity contribution is 8.15. The van der Waals surface area contributed by atoms with Crippen molar-refractivity contribution in [2.24, 2.45) is 10.2 Å². The van der Waals surface area contributed by atoms with Gasteiger partial charge in [-0.15, -0.1) is 5.10 Å². The van der Waals surface area contributed by atoms with Gasteiger partial charge in [-0.1, -0.05) is 36.0 Å². The van der Waals surface area contributed by atoms with E-state index in [1.807, 2.05) is 49.4 Å². The van der Waals surface area contributed by atoms with Gasteiger partial charge in [-0.3, -0.25) is 9.69 Å². The molecule has 1 heterocycles. The molecule has 2 aromatic carbocycles. The molecule has 0 N–H and O–H groups in total. The van der Waals surface area contributed by atoms with Crippen molar-refractivity contribution in [3.05, 3.63) is 59.2 Å². The minimum atomic E-state index is 0.0447. The standard InChI is InChI=1S/C20H21N3O3S/c1-14-6-4-5-7-16(14)12-23-19(24)13-27-20(23)22-21-11-15-8-9-17(25-2)18(10-15)26-3/h4-11H,12-13H2,1-3H3. The van der Waals surface area contributed by atoms with Crippen LogP contribution in [0.2, 0.25) is 0 Å². The second-order valence-electron chi connectivity index (χ2n) is 5.94. The lowest BCUT2D eigenvalue weighted by Gasteiger charge is -2.16. The van der Waals surface area contributed by atoms with Gasteiger partial charge in [-0.25, -0.2) is 0 Å². The van der Waals surface area contributed by atoms with Gasteiger partial charge in [0.05, 0.1) is 32.7 Å². The van der Waals surface area contributed by atoms with Crippen molar-refractivity contribution in [3.63, 3.8) is 0 Å². The van der Waals surface area contributed by atoms with Gasteiger partial charge in [0.1, 0.15) is 0 Å². The number of benzene rings is 2. The first kappa shape index (κ1) is 19.0. The van der Waals surface area contributed by atoms with Crippen molar-refractivity contribution >= 4 is 29.1 Å². The predicted octanol–water partition coefficient (Wildman–Crippen LogP) is 3.48. The number of carbonyl (C=O) groups excluding carboxylic acids is 1. The van der Waals surface area contributed by atoms with Crippen LogP contribution in [-0.4, -0.2) is 42.2 Å². The number of amides is 1. The minimum absolute atomic E-state index is 0.0447. The topological polar surface area (TPSA) is 63.5 Å². The number of amidine groups is 1. The van der Waals surface area contributed by atoms with Gasteiger partial charge in [0.15, 0.2) is 16.7 Å². The molecular formula is C20H21N3O3S. The molecule has 1 fully saturated rings. The number of ether oxygens (including phenoxy) is 2. The van der Waals surface area contributed by atoms with Crippen LogP contribution in [0, 0.1) is 6.92 Å². The molecule has 27 heavy (non-hydrogen) atoms. The number of hydrogen-bond acceptors (Lipinski definition) is 6. The van der Waals surface area contributed by atoms with Gasteiger partial charge < -0.3 is 9.47 Å². The number of nitrogens with zero attached hydrogens (tertiary/aromatic N) is 3. The lowest BCUT2D eigenvalue weighted by Crippen LogP contribution is -2.29. The zero-order chi connectivity index (χ0) is 19.2. The fourth-order valence-electron chi connectivity index (χ4n) is 2.66. The molecule has 0 aliphatic carbocycles. The Kier molecular flexibility index (Phi) is 6.13. The van der Waals surface area contributed by atoms with Crippen molar-refractivity contribution in [2.45, 2.75) is 13.5 Å². The molecule has 1 amide bonds. The number of aryl methyl sites for hydroxylation is 1. The first-order valence-electron chi connectivity index (χ1n) is 8.43. The van der Waals surface area contributed by atoms with Crippen LogP contribution in [-0.2, 0) is 11.3 Å². The zero-order valence-electron chi connectivity index (χ0n) is 15.5. The Hall–Kier alpha value is -2.80. The van der Waals surface area contributed by atoms with Crippen LogP contribution in [0.25, 0.3) is 0 Å². The molecule has 1 aliphatic rings. The van der Waals surface area contributed by atoms with E-state index in [0.717, 1.165) is 16.7 Å². The number of carbonyl (C=O) groups is 1. The smallest absolute Gasteiger partial charge is 0.239 e. The first-order valence-corrected chi connectivity index (χ1v) is 9.41. The van der Waals surface area contributed by atoms with E-state index in [2.05, 4.69) is 10.2 Å². The average Bonchev–Trinajstić information content (AvgIpc) is 3.03. The van der Waals surface area contributed by atoms with E-state index in [-0.39, 0.29) is 5.91 Å². The molecule has 0 radical (unpaired) electrons. The maximum absolute atomic E-state index is 12.2. The number of hydrogen-bond donors (Lipinski definition) is 0. The Morgan fingerprint density at radius 3 is 2.67 bits per heavy atom. The fourth-order valence-corrected chi connectivity index (χ4v) is 3.50. The second-order valence-corrected chi connectivity index (χ2v) is 6.88. The number of thioether (sulfide) groups is 1. The molecule has 0 bridgehead atoms. The molecule has 0 spiro atoms. The van der Waals surface area contributed by atoms with E-state index in [1.54, 1.807) is 25.3 Å². The lowest BCUT2D eigenvalue weighted by molar-refractivity contribution is -0.124. The molecule has 1 saturated heterocycles. The van der Waals surface area contributed by atoms with E-state index in [9.17, 15) is 4.79 Å². The molecular weight excluding hydrogens is 362 g/mol. The highest BCUT2D eigenvalue weighted by atomic mass is 32.2. The Labute approximate surface area is 162 Å². The Morgan fingerprint density at radius 1 is 1.15 bits per heavy atom. The summed E-state index contributed by atoms with van der Waals surface area (Å²) in [6, 6.07) is 13.5. The molecule has 140 valence electrons. The van der Waals surface area contributed by atoms with E-state index in [1.165, 1.54) is 11.8 Å². The molecule has 0 atom stereocenters. The summed E-state index contributed by atoms with van der Waals surface area (Å²) in [6.45, 7) is 2.54. The van der Waals surface area contributed by atoms with Gasteiger partial charge in [0.2, 0.25) is 5.91 Å². The van der Waals surface area contributed by atoms with E-state index >= 15 is 0 Å². The normalized spacial score (nSPS) is 15.7. The monoisotopic (exact) mass is 383 g/mol. The highest BCUT2D eigenvalue weighted by Crippen LogP contribution is 2.27. The quantitative estimate of drug-likeness (QED) is 0.566. The molecule has 0 aromatic heterocycles. The molecule has 0 unspecified atom stereocenters. The third kappa shape index (κ3) is 4.49. The third-order valence-corrected chi connectivity index (χ3v) is 5.16. The predicted molar refractivity (Wildman–Crippen MR) is 109 cm³/mol. The molecule has 3 rings (SSSR count). The second kappa shape index (κ2) is 8.73. The average molecular weight is 383 g/mol. The summed E-state index contributed by atoms with van der Waals surface area (Å²) in [5, 5.41) is 9.02. The summed E-state index contributed by atoms with van der Waals surface area (Å²) in [4.78, 5) is 13.9. The van der Waals surface area contributed by atoms with Crippen LogP contribution in [0.15, 0.2) is 52.7 Å². The largest absolute Gasteiger partial charge is 0.493 e. The summed E-state index contributed by atoms with van der Waals surface area (Å²) in [5.74, 6) is 1.71. The van der Waals surface area contributed by atoms with E-state index in [4.69, 9.17) is 9.47 Å². The van der Waals surface area contributed by atoms with Crippen molar-refractivity contribution < 1.29 is 14.3 Å². The molecule has 6 nitrogen and oxygen atoms in total. The maximum atomic E-state index is 12.2. The fraction of sp³-hybridized carbons (Fsp3) is 0.250. The van der Waals surface area contributed by atoms with Crippen LogP contribution in [0.4, 0.5) is 0 Å². The summed E-state index contributed by atoms with van der Waals surface area (Å²) < 4.78 is 10.5. The van der Waals surface area contributed by atoms with E-state index in [0.29, 0.717) is 29.0 Å². The maximum Gasteiger partial charge on any atom is 0.239 e. The van der Waals surface area contributed by atoms with Crippen LogP contribution in [0.1, 0.15) is 16.7 Å². The van der Waals surface area contributed by atoms with Gasteiger partial charge >= 0.3 is 0 Å². The van der Waals surface area contributed by atoms with Crippen LogP contribution < -0.4 is 9.47 Å². The first-order chi connectivity index (χ1) is 13.1. The van der Waals surface area contributed by atoms with Gasteiger partial charge in [-0.05, 0) is 41.8 Å². The number of rotatable bonds is 6. The molecule has 0 saturated carbocycles. The zero-order valence-corrected chi connectivity index (χ0v) is 16.3. The number of methoxy groups -OCH3 is 2. The summed E-state index contributed by atoms with van der Waals surface area (Å²) >= 11 is 1.40. The Morgan fingerprint density at radius 2 is 1.93 bits per heavy atom. The van der Waals surface area contributed by atoms with Gasteiger partial charge in [0.25, 0.3) is 0 Å². The third-order valence-electron chi connectivity index (χ3n) is 4.20. The van der Waals surface area contributed by atoms with Crippen molar-refractivity contribution in [2.75, 3.05) is 20.0 Å². The minimum Gasteiger partial charge on any atom is -0.493 e. The van der Waals surface area contributed by atoms with Crippen LogP contribution >= 0.6 is 11.8 Å². The summed E-state index contributed by atoms with van der Waals surface area (Å²) in [6.07, 6.45) is 1.63. The Bertz CT molecular complexity index is 896.